The fourth-order valence-corrected chi connectivity index (χ4v) is 2.68. The van der Waals surface area contributed by atoms with Crippen molar-refractivity contribution in [1.29, 1.82) is 0 Å². The molecule has 0 bridgehead atoms. The Hall–Kier alpha value is -1.02. The molecule has 2 nitrogen and oxygen atoms in total. The first-order valence-electron chi connectivity index (χ1n) is 7.42. The molecule has 0 spiro atoms. The van der Waals surface area contributed by atoms with Crippen LogP contribution in [0.3, 0.4) is 0 Å². The molecule has 1 N–H and O–H groups in total. The second-order valence-electron chi connectivity index (χ2n) is 6.35. The second kappa shape index (κ2) is 5.96. The van der Waals surface area contributed by atoms with Gasteiger partial charge < -0.3 is 10.1 Å². The predicted octanol–water partition coefficient (Wildman–Crippen LogP) is 3.65. The molecule has 0 radical (unpaired) electrons. The van der Waals surface area contributed by atoms with Crippen molar-refractivity contribution in [2.45, 2.75) is 46.1 Å². The maximum absolute atomic E-state index is 5.19. The first-order valence-corrected chi connectivity index (χ1v) is 7.42. The summed E-state index contributed by atoms with van der Waals surface area (Å²) in [6.07, 6.45) is 3.87. The summed E-state index contributed by atoms with van der Waals surface area (Å²) in [5, 5.41) is 3.71. The van der Waals surface area contributed by atoms with Gasteiger partial charge in [0.05, 0.1) is 7.11 Å². The van der Waals surface area contributed by atoms with Gasteiger partial charge in [0, 0.05) is 12.6 Å². The zero-order valence-electron chi connectivity index (χ0n) is 12.7. The molecular formula is C17H27NO. The molecule has 0 amide bonds. The molecule has 1 saturated carbocycles. The van der Waals surface area contributed by atoms with Crippen LogP contribution in [0, 0.1) is 11.3 Å². The first-order chi connectivity index (χ1) is 9.05. The standard InChI is InChI=1S/C17H27NO/c1-13(2)17(9-10-17)12-18-14(3)11-15-5-7-16(19-4)8-6-15/h5-8,13-14,18H,9-12H2,1-4H3. The van der Waals surface area contributed by atoms with Crippen LogP contribution in [0.1, 0.15) is 39.2 Å². The number of methoxy groups -OCH3 is 1. The van der Waals surface area contributed by atoms with Gasteiger partial charge in [-0.25, -0.2) is 0 Å². The monoisotopic (exact) mass is 261 g/mol. The quantitative estimate of drug-likeness (QED) is 0.809. The third-order valence-corrected chi connectivity index (χ3v) is 4.62. The van der Waals surface area contributed by atoms with Gasteiger partial charge in [-0.3, -0.25) is 0 Å². The van der Waals surface area contributed by atoms with Crippen LogP contribution >= 0.6 is 0 Å². The molecule has 1 unspecified atom stereocenters. The zero-order chi connectivity index (χ0) is 13.9. The molecule has 1 aliphatic rings. The van der Waals surface area contributed by atoms with Crippen LogP contribution in [0.5, 0.6) is 5.75 Å². The highest BCUT2D eigenvalue weighted by atomic mass is 16.5. The van der Waals surface area contributed by atoms with Crippen LogP contribution in [0.15, 0.2) is 24.3 Å². The number of nitrogens with one attached hydrogen (secondary N) is 1. The first kappa shape index (κ1) is 14.4. The van der Waals surface area contributed by atoms with E-state index in [0.717, 1.165) is 18.1 Å². The van der Waals surface area contributed by atoms with Crippen molar-refractivity contribution in [3.63, 3.8) is 0 Å². The summed E-state index contributed by atoms with van der Waals surface area (Å²) in [5.74, 6) is 1.73. The molecule has 1 aromatic rings. The molecular weight excluding hydrogens is 234 g/mol. The van der Waals surface area contributed by atoms with Crippen LogP contribution in [-0.4, -0.2) is 19.7 Å². The van der Waals surface area contributed by atoms with Crippen molar-refractivity contribution in [3.8, 4) is 5.75 Å². The van der Waals surface area contributed by atoms with Crippen LogP contribution < -0.4 is 10.1 Å². The van der Waals surface area contributed by atoms with Crippen molar-refractivity contribution in [3.05, 3.63) is 29.8 Å². The van der Waals surface area contributed by atoms with Gasteiger partial charge in [0.1, 0.15) is 5.75 Å². The normalized spacial score (nSPS) is 18.4. The van der Waals surface area contributed by atoms with Crippen LogP contribution in [0.2, 0.25) is 0 Å². The fraction of sp³-hybridized carbons (Fsp3) is 0.647. The Morgan fingerprint density at radius 3 is 2.26 bits per heavy atom. The molecule has 0 aliphatic heterocycles. The topological polar surface area (TPSA) is 21.3 Å². The maximum atomic E-state index is 5.19. The largest absolute Gasteiger partial charge is 0.497 e. The Balaban J connectivity index is 1.79. The Kier molecular flexibility index (Phi) is 4.51. The second-order valence-corrected chi connectivity index (χ2v) is 6.35. The highest BCUT2D eigenvalue weighted by Crippen LogP contribution is 2.51. The van der Waals surface area contributed by atoms with E-state index in [9.17, 15) is 0 Å². The van der Waals surface area contributed by atoms with E-state index in [-0.39, 0.29) is 0 Å². The molecule has 0 aromatic heterocycles. The minimum absolute atomic E-state index is 0.532. The van der Waals surface area contributed by atoms with E-state index < -0.39 is 0 Å². The molecule has 0 heterocycles. The van der Waals surface area contributed by atoms with Gasteiger partial charge in [-0.05, 0) is 55.2 Å². The van der Waals surface area contributed by atoms with Gasteiger partial charge in [-0.2, -0.15) is 0 Å². The molecule has 1 fully saturated rings. The number of ether oxygens (including phenoxy) is 1. The Labute approximate surface area is 117 Å². The molecule has 19 heavy (non-hydrogen) atoms. The van der Waals surface area contributed by atoms with E-state index >= 15 is 0 Å². The zero-order valence-corrected chi connectivity index (χ0v) is 12.7. The van der Waals surface area contributed by atoms with Crippen molar-refractivity contribution >= 4 is 0 Å². The van der Waals surface area contributed by atoms with Crippen LogP contribution in [-0.2, 0) is 6.42 Å². The number of benzene rings is 1. The van der Waals surface area contributed by atoms with Gasteiger partial charge in [-0.15, -0.1) is 0 Å². The van der Waals surface area contributed by atoms with Crippen molar-refractivity contribution in [2.75, 3.05) is 13.7 Å². The number of hydrogen-bond donors (Lipinski definition) is 1. The van der Waals surface area contributed by atoms with Gasteiger partial charge in [0.25, 0.3) is 0 Å². The fourth-order valence-electron chi connectivity index (χ4n) is 2.68. The molecule has 2 heteroatoms. The van der Waals surface area contributed by atoms with Crippen molar-refractivity contribution in [1.82, 2.24) is 5.32 Å². The predicted molar refractivity (Wildman–Crippen MR) is 80.7 cm³/mol. The minimum atomic E-state index is 0.532. The van der Waals surface area contributed by atoms with E-state index in [1.807, 2.05) is 12.1 Å². The SMILES string of the molecule is COc1ccc(CC(C)NCC2(C(C)C)CC2)cc1. The Bertz CT molecular complexity index is 392. The third kappa shape index (κ3) is 3.73. The summed E-state index contributed by atoms with van der Waals surface area (Å²) in [5.41, 5.74) is 1.96. The lowest BCUT2D eigenvalue weighted by Gasteiger charge is -2.23. The van der Waals surface area contributed by atoms with Crippen molar-refractivity contribution in [2.24, 2.45) is 11.3 Å². The molecule has 106 valence electrons. The Morgan fingerprint density at radius 1 is 1.16 bits per heavy atom. The van der Waals surface area contributed by atoms with E-state index in [1.165, 1.54) is 24.9 Å². The average Bonchev–Trinajstić information content (AvgIpc) is 3.18. The van der Waals surface area contributed by atoms with Gasteiger partial charge in [-0.1, -0.05) is 26.0 Å². The summed E-state index contributed by atoms with van der Waals surface area (Å²) in [6.45, 7) is 8.15. The lowest BCUT2D eigenvalue weighted by Crippen LogP contribution is -2.35. The summed E-state index contributed by atoms with van der Waals surface area (Å²) < 4.78 is 5.19. The smallest absolute Gasteiger partial charge is 0.118 e. The van der Waals surface area contributed by atoms with E-state index in [0.29, 0.717) is 11.5 Å². The Morgan fingerprint density at radius 2 is 1.79 bits per heavy atom. The molecule has 1 atom stereocenters. The number of rotatable bonds is 7. The highest BCUT2D eigenvalue weighted by Gasteiger charge is 2.44. The highest BCUT2D eigenvalue weighted by molar-refractivity contribution is 5.27. The average molecular weight is 261 g/mol. The van der Waals surface area contributed by atoms with Crippen LogP contribution in [0.4, 0.5) is 0 Å². The van der Waals surface area contributed by atoms with E-state index in [4.69, 9.17) is 4.74 Å². The summed E-state index contributed by atoms with van der Waals surface area (Å²) >= 11 is 0. The van der Waals surface area contributed by atoms with Gasteiger partial charge >= 0.3 is 0 Å². The lowest BCUT2D eigenvalue weighted by molar-refractivity contribution is 0.323. The third-order valence-electron chi connectivity index (χ3n) is 4.62. The number of hydrogen-bond acceptors (Lipinski definition) is 2. The minimum Gasteiger partial charge on any atom is -0.497 e. The van der Waals surface area contributed by atoms with E-state index in [2.05, 4.69) is 38.2 Å². The van der Waals surface area contributed by atoms with Gasteiger partial charge in [0.2, 0.25) is 0 Å². The summed E-state index contributed by atoms with van der Waals surface area (Å²) in [4.78, 5) is 0. The lowest BCUT2D eigenvalue weighted by atomic mass is 9.92. The van der Waals surface area contributed by atoms with Gasteiger partial charge in [0.15, 0.2) is 0 Å². The van der Waals surface area contributed by atoms with Crippen molar-refractivity contribution < 1.29 is 4.74 Å². The molecule has 1 aliphatic carbocycles. The molecule has 1 aromatic carbocycles. The molecule has 0 saturated heterocycles. The van der Waals surface area contributed by atoms with Crippen LogP contribution in [0.25, 0.3) is 0 Å². The summed E-state index contributed by atoms with van der Waals surface area (Å²) in [6, 6.07) is 8.93. The molecule has 2 rings (SSSR count). The summed E-state index contributed by atoms with van der Waals surface area (Å²) in [7, 11) is 1.71. The maximum Gasteiger partial charge on any atom is 0.118 e. The van der Waals surface area contributed by atoms with E-state index in [1.54, 1.807) is 7.11 Å².